The summed E-state index contributed by atoms with van der Waals surface area (Å²) in [5.41, 5.74) is 1.78. The van der Waals surface area contributed by atoms with Gasteiger partial charge in [0, 0.05) is 30.6 Å². The first kappa shape index (κ1) is 26.0. The molecule has 0 spiro atoms. The lowest BCUT2D eigenvalue weighted by Gasteiger charge is -2.19. The molecule has 0 saturated heterocycles. The van der Waals surface area contributed by atoms with E-state index in [0.29, 0.717) is 29.3 Å². The number of halogens is 3. The summed E-state index contributed by atoms with van der Waals surface area (Å²) < 4.78 is 47.1. The number of rotatable bonds is 10. The third kappa shape index (κ3) is 7.18. The van der Waals surface area contributed by atoms with Crippen molar-refractivity contribution in [3.8, 4) is 5.75 Å². The molecule has 0 aliphatic heterocycles. The maximum Gasteiger partial charge on any atom is 0.573 e. The molecule has 2 N–H and O–H groups in total. The molecular weight excluding hydrogens is 471 g/mol. The fourth-order valence-corrected chi connectivity index (χ4v) is 5.17. The molecule has 34 heavy (non-hydrogen) atoms. The van der Waals surface area contributed by atoms with Gasteiger partial charge in [0.05, 0.1) is 18.7 Å². The number of anilines is 1. The Labute approximate surface area is 200 Å². The summed E-state index contributed by atoms with van der Waals surface area (Å²) in [4.78, 5) is 28.3. The van der Waals surface area contributed by atoms with Crippen molar-refractivity contribution in [3.63, 3.8) is 0 Å². The molecular formula is C23H28F3N3O4S. The standard InChI is InChI=1S/C23H28F3N3O4S/c1-29(13-15-7-3-5-9-17(15)33-23(24,25)26)14-19(30)28-22-20(21(31)27-11-12-32-2)16-8-4-6-10-18(16)34-22/h3,5,7,9H,4,6,8,10-14H2,1-2H3,(H,27,31)(H,28,30). The molecule has 1 aromatic carbocycles. The predicted molar refractivity (Wildman–Crippen MR) is 123 cm³/mol. The van der Waals surface area contributed by atoms with E-state index < -0.39 is 6.36 Å². The smallest absolute Gasteiger partial charge is 0.405 e. The fourth-order valence-electron chi connectivity index (χ4n) is 3.87. The second-order valence-electron chi connectivity index (χ2n) is 8.04. The summed E-state index contributed by atoms with van der Waals surface area (Å²) >= 11 is 1.41. The van der Waals surface area contributed by atoms with E-state index in [0.717, 1.165) is 36.1 Å². The first-order valence-corrected chi connectivity index (χ1v) is 11.7. The number of ether oxygens (including phenoxy) is 2. The van der Waals surface area contributed by atoms with Crippen LogP contribution >= 0.6 is 11.3 Å². The van der Waals surface area contributed by atoms with Crippen LogP contribution in [0.25, 0.3) is 0 Å². The maximum atomic E-state index is 12.8. The van der Waals surface area contributed by atoms with Gasteiger partial charge in [0.1, 0.15) is 10.8 Å². The van der Waals surface area contributed by atoms with Gasteiger partial charge in [0.15, 0.2) is 0 Å². The molecule has 0 unspecified atom stereocenters. The lowest BCUT2D eigenvalue weighted by molar-refractivity contribution is -0.275. The van der Waals surface area contributed by atoms with E-state index in [4.69, 9.17) is 4.74 Å². The van der Waals surface area contributed by atoms with Gasteiger partial charge in [-0.05, 0) is 44.4 Å². The Morgan fingerprint density at radius 2 is 1.91 bits per heavy atom. The maximum absolute atomic E-state index is 12.8. The second kappa shape index (κ2) is 11.7. The SMILES string of the molecule is COCCNC(=O)c1c(NC(=O)CN(C)Cc2ccccc2OC(F)(F)F)sc2c1CCCC2. The van der Waals surface area contributed by atoms with Gasteiger partial charge in [-0.3, -0.25) is 14.5 Å². The number of likely N-dealkylation sites (N-methyl/N-ethyl adjacent to an activating group) is 1. The van der Waals surface area contributed by atoms with Gasteiger partial charge >= 0.3 is 6.36 Å². The van der Waals surface area contributed by atoms with Crippen LogP contribution in [0.1, 0.15) is 39.2 Å². The van der Waals surface area contributed by atoms with Gasteiger partial charge in [-0.25, -0.2) is 0 Å². The second-order valence-corrected chi connectivity index (χ2v) is 9.14. The molecule has 2 amide bonds. The molecule has 0 fully saturated rings. The van der Waals surface area contributed by atoms with Gasteiger partial charge in [-0.2, -0.15) is 0 Å². The van der Waals surface area contributed by atoms with E-state index in [1.807, 2.05) is 0 Å². The Kier molecular flexibility index (Phi) is 8.92. The van der Waals surface area contributed by atoms with Gasteiger partial charge < -0.3 is 20.1 Å². The number of thiophene rings is 1. The molecule has 186 valence electrons. The van der Waals surface area contributed by atoms with E-state index in [2.05, 4.69) is 15.4 Å². The first-order valence-electron chi connectivity index (χ1n) is 10.9. The number of para-hydroxylation sites is 1. The van der Waals surface area contributed by atoms with Crippen LogP contribution in [0.4, 0.5) is 18.2 Å². The topological polar surface area (TPSA) is 79.9 Å². The van der Waals surface area contributed by atoms with Crippen molar-refractivity contribution < 1.29 is 32.2 Å². The molecule has 7 nitrogen and oxygen atoms in total. The van der Waals surface area contributed by atoms with E-state index in [1.54, 1.807) is 25.1 Å². The highest BCUT2D eigenvalue weighted by molar-refractivity contribution is 7.17. The minimum atomic E-state index is -4.80. The molecule has 0 saturated carbocycles. The summed E-state index contributed by atoms with van der Waals surface area (Å²) in [6.45, 7) is 0.734. The zero-order valence-electron chi connectivity index (χ0n) is 19.1. The Morgan fingerprint density at radius 3 is 2.65 bits per heavy atom. The monoisotopic (exact) mass is 499 g/mol. The molecule has 1 aliphatic carbocycles. The van der Waals surface area contributed by atoms with Gasteiger partial charge in [-0.1, -0.05) is 18.2 Å². The molecule has 2 aromatic rings. The highest BCUT2D eigenvalue weighted by Crippen LogP contribution is 2.38. The van der Waals surface area contributed by atoms with Gasteiger partial charge in [-0.15, -0.1) is 24.5 Å². The third-order valence-corrected chi connectivity index (χ3v) is 6.50. The fraction of sp³-hybridized carbons (Fsp3) is 0.478. The van der Waals surface area contributed by atoms with Gasteiger partial charge in [0.25, 0.3) is 5.91 Å². The van der Waals surface area contributed by atoms with Crippen LogP contribution in [0.3, 0.4) is 0 Å². The Hall–Kier alpha value is -2.63. The van der Waals surface area contributed by atoms with E-state index in [-0.39, 0.29) is 30.7 Å². The molecule has 1 aliphatic rings. The van der Waals surface area contributed by atoms with Crippen LogP contribution in [0.5, 0.6) is 5.75 Å². The van der Waals surface area contributed by atoms with Gasteiger partial charge in [0.2, 0.25) is 5.91 Å². The number of amides is 2. The lowest BCUT2D eigenvalue weighted by Crippen LogP contribution is -2.32. The Bertz CT molecular complexity index is 1010. The average molecular weight is 500 g/mol. The summed E-state index contributed by atoms with van der Waals surface area (Å²) in [5.74, 6) is -0.914. The number of nitrogens with one attached hydrogen (secondary N) is 2. The number of fused-ring (bicyclic) bond motifs is 1. The minimum Gasteiger partial charge on any atom is -0.405 e. The quantitative estimate of drug-likeness (QED) is 0.484. The zero-order valence-corrected chi connectivity index (χ0v) is 19.9. The number of alkyl halides is 3. The number of benzene rings is 1. The van der Waals surface area contributed by atoms with Crippen LogP contribution < -0.4 is 15.4 Å². The lowest BCUT2D eigenvalue weighted by atomic mass is 9.95. The zero-order chi connectivity index (χ0) is 24.7. The summed E-state index contributed by atoms with van der Waals surface area (Å²) in [6.07, 6.45) is -1.13. The number of aryl methyl sites for hydroxylation is 1. The van der Waals surface area contributed by atoms with Crippen molar-refractivity contribution in [2.45, 2.75) is 38.6 Å². The highest BCUT2D eigenvalue weighted by atomic mass is 32.1. The van der Waals surface area contributed by atoms with Crippen LogP contribution in [0.2, 0.25) is 0 Å². The Morgan fingerprint density at radius 1 is 1.18 bits per heavy atom. The number of hydrogen-bond acceptors (Lipinski definition) is 6. The van der Waals surface area contributed by atoms with Crippen molar-refractivity contribution in [2.24, 2.45) is 0 Å². The summed E-state index contributed by atoms with van der Waals surface area (Å²) in [6, 6.07) is 5.82. The van der Waals surface area contributed by atoms with Crippen molar-refractivity contribution in [3.05, 3.63) is 45.8 Å². The molecule has 3 rings (SSSR count). The molecule has 0 radical (unpaired) electrons. The van der Waals surface area contributed by atoms with Crippen LogP contribution in [-0.4, -0.2) is 56.9 Å². The number of carbonyl (C=O) groups is 2. The summed E-state index contributed by atoms with van der Waals surface area (Å²) in [7, 11) is 3.18. The van der Waals surface area contributed by atoms with Crippen molar-refractivity contribution in [2.75, 3.05) is 39.2 Å². The summed E-state index contributed by atoms with van der Waals surface area (Å²) in [5, 5.41) is 6.17. The first-order chi connectivity index (χ1) is 16.2. The van der Waals surface area contributed by atoms with Crippen molar-refractivity contribution in [1.29, 1.82) is 0 Å². The molecule has 1 aromatic heterocycles. The number of methoxy groups -OCH3 is 1. The molecule has 11 heteroatoms. The van der Waals surface area contributed by atoms with E-state index in [9.17, 15) is 22.8 Å². The van der Waals surface area contributed by atoms with E-state index in [1.165, 1.54) is 29.5 Å². The van der Waals surface area contributed by atoms with Crippen molar-refractivity contribution in [1.82, 2.24) is 10.2 Å². The average Bonchev–Trinajstić information content (AvgIpc) is 3.11. The molecule has 1 heterocycles. The van der Waals surface area contributed by atoms with Crippen LogP contribution in [0.15, 0.2) is 24.3 Å². The number of carbonyl (C=O) groups excluding carboxylic acids is 2. The normalized spacial score (nSPS) is 13.5. The number of hydrogen-bond donors (Lipinski definition) is 2. The number of nitrogens with zero attached hydrogens (tertiary/aromatic N) is 1. The predicted octanol–water partition coefficient (Wildman–Crippen LogP) is 3.97. The van der Waals surface area contributed by atoms with E-state index >= 15 is 0 Å². The van der Waals surface area contributed by atoms with Crippen LogP contribution in [-0.2, 0) is 28.9 Å². The Balaban J connectivity index is 1.68. The molecule has 0 bridgehead atoms. The van der Waals surface area contributed by atoms with Crippen LogP contribution in [0, 0.1) is 0 Å². The minimum absolute atomic E-state index is 0.0744. The molecule has 0 atom stereocenters. The largest absolute Gasteiger partial charge is 0.573 e. The third-order valence-electron chi connectivity index (χ3n) is 5.30. The van der Waals surface area contributed by atoms with Crippen molar-refractivity contribution >= 4 is 28.2 Å². The highest BCUT2D eigenvalue weighted by Gasteiger charge is 2.32.